The summed E-state index contributed by atoms with van der Waals surface area (Å²) in [5.41, 5.74) is 1.39. The van der Waals surface area contributed by atoms with Crippen LogP contribution in [0.15, 0.2) is 40.6 Å². The van der Waals surface area contributed by atoms with Crippen molar-refractivity contribution in [3.63, 3.8) is 0 Å². The number of carbonyl (C=O) groups is 1. The van der Waals surface area contributed by atoms with Crippen molar-refractivity contribution in [1.82, 2.24) is 0 Å². The van der Waals surface area contributed by atoms with Crippen molar-refractivity contribution in [1.29, 1.82) is 0 Å². The van der Waals surface area contributed by atoms with E-state index in [9.17, 15) is 9.90 Å². The van der Waals surface area contributed by atoms with E-state index >= 15 is 0 Å². The topological polar surface area (TPSA) is 49.7 Å². The van der Waals surface area contributed by atoms with E-state index in [2.05, 4.69) is 4.99 Å². The highest BCUT2D eigenvalue weighted by atomic mass is 16.3. The highest BCUT2D eigenvalue weighted by Crippen LogP contribution is 2.25. The van der Waals surface area contributed by atoms with Crippen molar-refractivity contribution >= 4 is 11.6 Å². The molecule has 0 fully saturated rings. The normalized spacial score (nSPS) is 26.1. The molecule has 1 heterocycles. The molecule has 2 rings (SSSR count). The summed E-state index contributed by atoms with van der Waals surface area (Å²) < 4.78 is 0. The van der Waals surface area contributed by atoms with Crippen LogP contribution in [0.3, 0.4) is 0 Å². The van der Waals surface area contributed by atoms with Gasteiger partial charge in [-0.15, -0.1) is 0 Å². The van der Waals surface area contributed by atoms with Crippen LogP contribution < -0.4 is 0 Å². The third kappa shape index (κ3) is 1.13. The summed E-state index contributed by atoms with van der Waals surface area (Å²) in [7, 11) is 0. The second-order valence-electron chi connectivity index (χ2n) is 3.10. The molecule has 0 spiro atoms. The minimum Gasteiger partial charge on any atom is -0.503 e. The van der Waals surface area contributed by atoms with Gasteiger partial charge >= 0.3 is 5.91 Å². The summed E-state index contributed by atoms with van der Waals surface area (Å²) in [5, 5.41) is 9.35. The van der Waals surface area contributed by atoms with E-state index in [4.69, 9.17) is 0 Å². The van der Waals surface area contributed by atoms with Crippen LogP contribution in [0.5, 0.6) is 0 Å². The molecule has 13 heavy (non-hydrogen) atoms. The first kappa shape index (κ1) is 7.98. The monoisotopic (exact) mass is 175 g/mol. The van der Waals surface area contributed by atoms with Gasteiger partial charge in [-0.2, -0.15) is 0 Å². The molecular formula is C10H9NO2. The highest BCUT2D eigenvalue weighted by Gasteiger charge is 2.26. The van der Waals surface area contributed by atoms with Crippen LogP contribution in [0.1, 0.15) is 6.92 Å². The SMILES string of the molecule is CC1=C(O)C(=O)N=C2C=CC=CC21. The molecule has 0 radical (unpaired) electrons. The molecular weight excluding hydrogens is 166 g/mol. The standard InChI is InChI=1S/C10H9NO2/c1-6-7-4-2-3-5-8(7)11-10(13)9(6)12/h2-5,7,12H,1H3. The summed E-state index contributed by atoms with van der Waals surface area (Å²) >= 11 is 0. The molecule has 1 aliphatic heterocycles. The summed E-state index contributed by atoms with van der Waals surface area (Å²) in [4.78, 5) is 14.9. The number of allylic oxidation sites excluding steroid dienone is 5. The van der Waals surface area contributed by atoms with Crippen LogP contribution >= 0.6 is 0 Å². The Bertz CT molecular complexity index is 384. The first-order chi connectivity index (χ1) is 6.20. The molecule has 0 aromatic heterocycles. The largest absolute Gasteiger partial charge is 0.503 e. The van der Waals surface area contributed by atoms with Crippen molar-refractivity contribution in [2.45, 2.75) is 6.92 Å². The molecule has 0 bridgehead atoms. The summed E-state index contributed by atoms with van der Waals surface area (Å²) in [6.07, 6.45) is 7.42. The fraction of sp³-hybridized carbons (Fsp3) is 0.200. The second kappa shape index (κ2) is 2.69. The van der Waals surface area contributed by atoms with E-state index in [-0.39, 0.29) is 11.7 Å². The summed E-state index contributed by atoms with van der Waals surface area (Å²) in [6.45, 7) is 1.75. The summed E-state index contributed by atoms with van der Waals surface area (Å²) in [5.74, 6) is -0.778. The Morgan fingerprint density at radius 3 is 3.00 bits per heavy atom. The molecule has 1 aliphatic carbocycles. The third-order valence-corrected chi connectivity index (χ3v) is 2.27. The van der Waals surface area contributed by atoms with Gasteiger partial charge in [0.25, 0.3) is 0 Å². The molecule has 66 valence electrons. The number of carbonyl (C=O) groups excluding carboxylic acids is 1. The lowest BCUT2D eigenvalue weighted by Gasteiger charge is -2.20. The van der Waals surface area contributed by atoms with Crippen molar-refractivity contribution in [3.8, 4) is 0 Å². The van der Waals surface area contributed by atoms with Crippen molar-refractivity contribution < 1.29 is 9.90 Å². The molecule has 2 aliphatic rings. The third-order valence-electron chi connectivity index (χ3n) is 2.27. The molecule has 0 saturated carbocycles. The Kier molecular flexibility index (Phi) is 1.65. The number of hydrogen-bond donors (Lipinski definition) is 1. The Labute approximate surface area is 75.8 Å². The lowest BCUT2D eigenvalue weighted by molar-refractivity contribution is -0.117. The minimum atomic E-state index is -0.538. The lowest BCUT2D eigenvalue weighted by atomic mass is 9.88. The Hall–Kier alpha value is -1.64. The Morgan fingerprint density at radius 1 is 1.46 bits per heavy atom. The molecule has 1 amide bonds. The first-order valence-corrected chi connectivity index (χ1v) is 4.07. The molecule has 3 nitrogen and oxygen atoms in total. The van der Waals surface area contributed by atoms with Crippen molar-refractivity contribution in [2.75, 3.05) is 0 Å². The lowest BCUT2D eigenvalue weighted by Crippen LogP contribution is -2.23. The van der Waals surface area contributed by atoms with Crippen LogP contribution in [0.4, 0.5) is 0 Å². The number of fused-ring (bicyclic) bond motifs is 1. The predicted molar refractivity (Wildman–Crippen MR) is 49.5 cm³/mol. The molecule has 1 unspecified atom stereocenters. The number of dihydropyridines is 1. The molecule has 0 aromatic rings. The van der Waals surface area contributed by atoms with Crippen LogP contribution in [0.2, 0.25) is 0 Å². The van der Waals surface area contributed by atoms with E-state index in [1.807, 2.05) is 18.2 Å². The van der Waals surface area contributed by atoms with E-state index in [1.165, 1.54) is 0 Å². The van der Waals surface area contributed by atoms with Gasteiger partial charge in [-0.1, -0.05) is 18.2 Å². The second-order valence-corrected chi connectivity index (χ2v) is 3.10. The van der Waals surface area contributed by atoms with Crippen LogP contribution in [0, 0.1) is 5.92 Å². The maximum atomic E-state index is 11.1. The number of rotatable bonds is 0. The van der Waals surface area contributed by atoms with Crippen LogP contribution in [0.25, 0.3) is 0 Å². The van der Waals surface area contributed by atoms with E-state index in [0.29, 0.717) is 11.3 Å². The molecule has 0 saturated heterocycles. The van der Waals surface area contributed by atoms with Crippen LogP contribution in [-0.4, -0.2) is 16.7 Å². The quantitative estimate of drug-likeness (QED) is 0.607. The molecule has 1 N–H and O–H groups in total. The van der Waals surface area contributed by atoms with Gasteiger partial charge in [0.1, 0.15) is 0 Å². The van der Waals surface area contributed by atoms with Crippen molar-refractivity contribution in [3.05, 3.63) is 35.6 Å². The van der Waals surface area contributed by atoms with Gasteiger partial charge in [0.05, 0.1) is 5.71 Å². The fourth-order valence-corrected chi connectivity index (χ4v) is 1.49. The zero-order valence-corrected chi connectivity index (χ0v) is 7.19. The van der Waals surface area contributed by atoms with Gasteiger partial charge in [0, 0.05) is 5.92 Å². The van der Waals surface area contributed by atoms with Gasteiger partial charge in [-0.25, -0.2) is 4.99 Å². The average molecular weight is 175 g/mol. The summed E-state index contributed by atoms with van der Waals surface area (Å²) in [6, 6.07) is 0. The number of aliphatic imine (C=N–C) groups is 1. The first-order valence-electron chi connectivity index (χ1n) is 4.07. The van der Waals surface area contributed by atoms with E-state index < -0.39 is 5.91 Å². The fourth-order valence-electron chi connectivity index (χ4n) is 1.49. The number of aliphatic hydroxyl groups is 1. The van der Waals surface area contributed by atoms with E-state index in [1.54, 1.807) is 13.0 Å². The molecule has 1 atom stereocenters. The average Bonchev–Trinajstić information content (AvgIpc) is 2.15. The Balaban J connectivity index is 2.50. The van der Waals surface area contributed by atoms with Gasteiger partial charge in [0.2, 0.25) is 0 Å². The van der Waals surface area contributed by atoms with Gasteiger partial charge in [-0.3, -0.25) is 4.79 Å². The number of aliphatic hydroxyl groups excluding tert-OH is 1. The van der Waals surface area contributed by atoms with E-state index in [0.717, 1.165) is 0 Å². The van der Waals surface area contributed by atoms with Crippen LogP contribution in [-0.2, 0) is 4.79 Å². The van der Waals surface area contributed by atoms with Gasteiger partial charge in [0.15, 0.2) is 5.76 Å². The smallest absolute Gasteiger partial charge is 0.312 e. The van der Waals surface area contributed by atoms with Gasteiger partial charge in [-0.05, 0) is 18.6 Å². The van der Waals surface area contributed by atoms with Crippen molar-refractivity contribution in [2.24, 2.45) is 10.9 Å². The number of amides is 1. The van der Waals surface area contributed by atoms with Gasteiger partial charge < -0.3 is 5.11 Å². The zero-order chi connectivity index (χ0) is 9.42. The highest BCUT2D eigenvalue weighted by molar-refractivity contribution is 6.13. The molecule has 0 aromatic carbocycles. The maximum Gasteiger partial charge on any atom is 0.312 e. The Morgan fingerprint density at radius 2 is 2.23 bits per heavy atom. The number of nitrogens with zero attached hydrogens (tertiary/aromatic N) is 1. The zero-order valence-electron chi connectivity index (χ0n) is 7.19. The minimum absolute atomic E-state index is 0.0253. The predicted octanol–water partition coefficient (Wildman–Crippen LogP) is 1.54. The number of hydrogen-bond acceptors (Lipinski definition) is 2. The maximum absolute atomic E-state index is 11.1. The molecule has 3 heteroatoms.